The zero-order chi connectivity index (χ0) is 14.5. The Kier molecular flexibility index (Phi) is 4.79. The van der Waals surface area contributed by atoms with Crippen molar-refractivity contribution in [3.63, 3.8) is 0 Å². The fourth-order valence-corrected chi connectivity index (χ4v) is 2.70. The molecule has 1 N–H and O–H groups in total. The van der Waals surface area contributed by atoms with Crippen molar-refractivity contribution >= 4 is 22.9 Å². The first-order chi connectivity index (χ1) is 9.63. The lowest BCUT2D eigenvalue weighted by Gasteiger charge is -2.11. The van der Waals surface area contributed by atoms with E-state index in [0.29, 0.717) is 18.0 Å². The van der Waals surface area contributed by atoms with Gasteiger partial charge in [0.05, 0.1) is 17.9 Å². The van der Waals surface area contributed by atoms with Crippen molar-refractivity contribution in [2.24, 2.45) is 0 Å². The fourth-order valence-electron chi connectivity index (χ4n) is 1.83. The lowest BCUT2D eigenvalue weighted by atomic mass is 10.1. The summed E-state index contributed by atoms with van der Waals surface area (Å²) in [5, 5.41) is 4.83. The van der Waals surface area contributed by atoms with E-state index in [2.05, 4.69) is 12.2 Å². The summed E-state index contributed by atoms with van der Waals surface area (Å²) in [7, 11) is 0. The van der Waals surface area contributed by atoms with Gasteiger partial charge in [0, 0.05) is 10.3 Å². The number of amides is 1. The van der Waals surface area contributed by atoms with E-state index in [4.69, 9.17) is 4.74 Å². The molecule has 0 spiro atoms. The Hall–Kier alpha value is -1.81. The van der Waals surface area contributed by atoms with E-state index in [1.165, 1.54) is 4.88 Å². The Bertz CT molecular complexity index is 604. The lowest BCUT2D eigenvalue weighted by Crippen LogP contribution is -2.13. The third-order valence-corrected chi connectivity index (χ3v) is 4.14. The second-order valence-electron chi connectivity index (χ2n) is 4.63. The number of thiophene rings is 1. The van der Waals surface area contributed by atoms with E-state index in [0.717, 1.165) is 17.5 Å². The first-order valence-electron chi connectivity index (χ1n) is 6.71. The van der Waals surface area contributed by atoms with Crippen LogP contribution in [0, 0.1) is 13.8 Å². The molecule has 0 bridgehead atoms. The number of nitrogens with one attached hydrogen (secondary N) is 1. The molecule has 0 radical (unpaired) electrons. The molecule has 1 aromatic carbocycles. The summed E-state index contributed by atoms with van der Waals surface area (Å²) < 4.78 is 5.65. The number of carbonyl (C=O) groups is 1. The summed E-state index contributed by atoms with van der Waals surface area (Å²) >= 11 is 1.60. The van der Waals surface area contributed by atoms with Gasteiger partial charge in [0.1, 0.15) is 5.75 Å². The largest absolute Gasteiger partial charge is 0.491 e. The Balaban J connectivity index is 2.17. The smallest absolute Gasteiger partial charge is 0.256 e. The number of para-hydroxylation sites is 2. The Morgan fingerprint density at radius 3 is 2.70 bits per heavy atom. The molecule has 2 aromatic rings. The molecule has 1 heterocycles. The summed E-state index contributed by atoms with van der Waals surface area (Å²) in [6.45, 7) is 6.69. The molecule has 0 aliphatic carbocycles. The van der Waals surface area contributed by atoms with E-state index < -0.39 is 0 Å². The predicted molar refractivity (Wildman–Crippen MR) is 84.0 cm³/mol. The molecule has 3 nitrogen and oxygen atoms in total. The average Bonchev–Trinajstić information content (AvgIpc) is 2.78. The minimum atomic E-state index is -0.0839. The van der Waals surface area contributed by atoms with Crippen molar-refractivity contribution in [1.29, 1.82) is 0 Å². The van der Waals surface area contributed by atoms with Gasteiger partial charge in [-0.15, -0.1) is 11.3 Å². The lowest BCUT2D eigenvalue weighted by molar-refractivity contribution is 0.102. The SMILES string of the molecule is CCCOc1ccccc1NC(=O)c1csc(C)c1C. The van der Waals surface area contributed by atoms with Crippen LogP contribution in [-0.2, 0) is 0 Å². The predicted octanol–water partition coefficient (Wildman–Crippen LogP) is 4.41. The van der Waals surface area contributed by atoms with Crippen LogP contribution in [0.1, 0.15) is 34.1 Å². The first-order valence-corrected chi connectivity index (χ1v) is 7.59. The van der Waals surface area contributed by atoms with Crippen LogP contribution in [0.4, 0.5) is 5.69 Å². The van der Waals surface area contributed by atoms with Crippen molar-refractivity contribution in [2.75, 3.05) is 11.9 Å². The van der Waals surface area contributed by atoms with Gasteiger partial charge in [-0.1, -0.05) is 19.1 Å². The van der Waals surface area contributed by atoms with E-state index in [1.54, 1.807) is 11.3 Å². The van der Waals surface area contributed by atoms with Gasteiger partial charge in [-0.3, -0.25) is 4.79 Å². The molecule has 0 unspecified atom stereocenters. The number of rotatable bonds is 5. The maximum absolute atomic E-state index is 12.3. The topological polar surface area (TPSA) is 38.3 Å². The number of carbonyl (C=O) groups excluding carboxylic acids is 1. The van der Waals surface area contributed by atoms with Crippen LogP contribution in [-0.4, -0.2) is 12.5 Å². The highest BCUT2D eigenvalue weighted by atomic mass is 32.1. The van der Waals surface area contributed by atoms with Crippen molar-refractivity contribution in [3.8, 4) is 5.75 Å². The monoisotopic (exact) mass is 289 g/mol. The molecule has 0 saturated heterocycles. The molecule has 0 aliphatic heterocycles. The molecule has 4 heteroatoms. The Morgan fingerprint density at radius 1 is 1.30 bits per heavy atom. The second-order valence-corrected chi connectivity index (χ2v) is 5.71. The molecule has 20 heavy (non-hydrogen) atoms. The van der Waals surface area contributed by atoms with Crippen molar-refractivity contribution in [2.45, 2.75) is 27.2 Å². The van der Waals surface area contributed by atoms with Crippen molar-refractivity contribution in [3.05, 3.63) is 45.6 Å². The number of ether oxygens (including phenoxy) is 1. The molecule has 0 atom stereocenters. The van der Waals surface area contributed by atoms with Crippen LogP contribution in [0.3, 0.4) is 0 Å². The molecule has 0 fully saturated rings. The zero-order valence-electron chi connectivity index (χ0n) is 12.0. The maximum atomic E-state index is 12.3. The van der Waals surface area contributed by atoms with Gasteiger partial charge in [0.15, 0.2) is 0 Å². The molecular formula is C16H19NO2S. The van der Waals surface area contributed by atoms with Crippen molar-refractivity contribution < 1.29 is 9.53 Å². The average molecular weight is 289 g/mol. The molecule has 0 aliphatic rings. The van der Waals surface area contributed by atoms with Gasteiger partial charge < -0.3 is 10.1 Å². The molecule has 0 saturated carbocycles. The number of anilines is 1. The second kappa shape index (κ2) is 6.57. The molecular weight excluding hydrogens is 270 g/mol. The quantitative estimate of drug-likeness (QED) is 0.885. The number of aryl methyl sites for hydroxylation is 1. The Morgan fingerprint density at radius 2 is 2.05 bits per heavy atom. The van der Waals surface area contributed by atoms with E-state index in [-0.39, 0.29) is 5.91 Å². The van der Waals surface area contributed by atoms with Crippen LogP contribution in [0.25, 0.3) is 0 Å². The summed E-state index contributed by atoms with van der Waals surface area (Å²) in [6.07, 6.45) is 0.936. The van der Waals surface area contributed by atoms with Crippen molar-refractivity contribution in [1.82, 2.24) is 0 Å². The van der Waals surface area contributed by atoms with Crippen LogP contribution in [0.15, 0.2) is 29.6 Å². The number of hydrogen-bond acceptors (Lipinski definition) is 3. The minimum absolute atomic E-state index is 0.0839. The van der Waals surface area contributed by atoms with Gasteiger partial charge in [-0.2, -0.15) is 0 Å². The highest BCUT2D eigenvalue weighted by Crippen LogP contribution is 2.26. The van der Waals surface area contributed by atoms with Gasteiger partial charge in [0.25, 0.3) is 5.91 Å². The fraction of sp³-hybridized carbons (Fsp3) is 0.312. The van der Waals surface area contributed by atoms with Gasteiger partial charge in [0.2, 0.25) is 0 Å². The number of benzene rings is 1. The maximum Gasteiger partial charge on any atom is 0.256 e. The Labute approximate surface area is 123 Å². The normalized spacial score (nSPS) is 10.3. The summed E-state index contributed by atoms with van der Waals surface area (Å²) in [5.41, 5.74) is 2.49. The zero-order valence-corrected chi connectivity index (χ0v) is 12.8. The summed E-state index contributed by atoms with van der Waals surface area (Å²) in [5.74, 6) is 0.631. The van der Waals surface area contributed by atoms with Crippen LogP contribution in [0.2, 0.25) is 0 Å². The van der Waals surface area contributed by atoms with E-state index in [1.807, 2.05) is 43.5 Å². The molecule has 2 rings (SSSR count). The minimum Gasteiger partial charge on any atom is -0.491 e. The summed E-state index contributed by atoms with van der Waals surface area (Å²) in [4.78, 5) is 13.5. The number of hydrogen-bond donors (Lipinski definition) is 1. The van der Waals surface area contributed by atoms with Crippen LogP contribution < -0.4 is 10.1 Å². The van der Waals surface area contributed by atoms with Gasteiger partial charge in [-0.05, 0) is 38.0 Å². The molecule has 106 valence electrons. The highest BCUT2D eigenvalue weighted by Gasteiger charge is 2.14. The third-order valence-electron chi connectivity index (χ3n) is 3.13. The third kappa shape index (κ3) is 3.20. The van der Waals surface area contributed by atoms with Crippen LogP contribution in [0.5, 0.6) is 5.75 Å². The van der Waals surface area contributed by atoms with Crippen LogP contribution >= 0.6 is 11.3 Å². The van der Waals surface area contributed by atoms with Gasteiger partial charge in [-0.25, -0.2) is 0 Å². The van der Waals surface area contributed by atoms with E-state index in [9.17, 15) is 4.79 Å². The first kappa shape index (κ1) is 14.6. The molecule has 1 aromatic heterocycles. The highest BCUT2D eigenvalue weighted by molar-refractivity contribution is 7.10. The standard InChI is InChI=1S/C16H19NO2S/c1-4-9-19-15-8-6-5-7-14(15)17-16(18)13-10-20-12(3)11(13)2/h5-8,10H,4,9H2,1-3H3,(H,17,18). The van der Waals surface area contributed by atoms with Gasteiger partial charge >= 0.3 is 0 Å². The molecule has 1 amide bonds. The van der Waals surface area contributed by atoms with E-state index >= 15 is 0 Å². The summed E-state index contributed by atoms with van der Waals surface area (Å²) in [6, 6.07) is 7.52.